The summed E-state index contributed by atoms with van der Waals surface area (Å²) >= 11 is 0. The zero-order chi connectivity index (χ0) is 11.8. The van der Waals surface area contributed by atoms with Crippen molar-refractivity contribution in [3.05, 3.63) is 59.7 Å². The molecule has 1 aliphatic carbocycles. The van der Waals surface area contributed by atoms with Crippen molar-refractivity contribution in [3.63, 3.8) is 0 Å². The molecule has 0 N–H and O–H groups in total. The van der Waals surface area contributed by atoms with Crippen LogP contribution in [0.4, 0.5) is 0 Å². The summed E-state index contributed by atoms with van der Waals surface area (Å²) < 4.78 is 0. The van der Waals surface area contributed by atoms with E-state index < -0.39 is 0 Å². The fraction of sp³-hybridized carbons (Fsp3) is 0.188. The van der Waals surface area contributed by atoms with Crippen molar-refractivity contribution in [2.24, 2.45) is 0 Å². The van der Waals surface area contributed by atoms with Crippen molar-refractivity contribution in [2.75, 3.05) is 0 Å². The van der Waals surface area contributed by atoms with Crippen LogP contribution in [-0.4, -0.2) is 5.78 Å². The summed E-state index contributed by atoms with van der Waals surface area (Å²) in [6, 6.07) is 16.5. The highest BCUT2D eigenvalue weighted by molar-refractivity contribution is 5.97. The van der Waals surface area contributed by atoms with Crippen LogP contribution in [0.5, 0.6) is 0 Å². The van der Waals surface area contributed by atoms with Crippen LogP contribution in [0, 0.1) is 0 Å². The Morgan fingerprint density at radius 2 is 1.41 bits per heavy atom. The van der Waals surface area contributed by atoms with Crippen LogP contribution in [0.15, 0.2) is 48.5 Å². The van der Waals surface area contributed by atoms with E-state index in [1.54, 1.807) is 0 Å². The first kappa shape index (κ1) is 10.3. The van der Waals surface area contributed by atoms with Crippen molar-refractivity contribution >= 4 is 5.78 Å². The number of carbonyl (C=O) groups excluding carboxylic acids is 1. The van der Waals surface area contributed by atoms with Gasteiger partial charge in [-0.15, -0.1) is 0 Å². The minimum atomic E-state index is -0.0487. The number of hydrogen-bond acceptors (Lipinski definition) is 1. The number of Topliss-reactive ketones (excluding diaryl/α,β-unsaturated/α-hetero) is 1. The zero-order valence-corrected chi connectivity index (χ0v) is 9.81. The van der Waals surface area contributed by atoms with Gasteiger partial charge in [0.2, 0.25) is 0 Å². The molecule has 0 aliphatic heterocycles. The molecule has 1 aliphatic rings. The lowest BCUT2D eigenvalue weighted by atomic mass is 9.91. The van der Waals surface area contributed by atoms with E-state index in [4.69, 9.17) is 0 Å². The Kier molecular flexibility index (Phi) is 2.32. The number of hydrogen-bond donors (Lipinski definition) is 0. The Morgan fingerprint density at radius 1 is 0.941 bits per heavy atom. The summed E-state index contributed by atoms with van der Waals surface area (Å²) in [5.74, 6) is 0.259. The van der Waals surface area contributed by atoms with Crippen LogP contribution >= 0.6 is 0 Å². The molecule has 0 aromatic heterocycles. The maximum atomic E-state index is 12.1. The lowest BCUT2D eigenvalue weighted by Crippen LogP contribution is -2.09. The largest absolute Gasteiger partial charge is 0.299 e. The summed E-state index contributed by atoms with van der Waals surface area (Å²) in [5, 5.41) is 0. The van der Waals surface area contributed by atoms with Gasteiger partial charge in [0.25, 0.3) is 0 Å². The quantitative estimate of drug-likeness (QED) is 0.755. The molecule has 84 valence electrons. The van der Waals surface area contributed by atoms with Crippen LogP contribution in [0.3, 0.4) is 0 Å². The van der Waals surface area contributed by atoms with Crippen molar-refractivity contribution in [1.82, 2.24) is 0 Å². The molecule has 2 aromatic rings. The number of benzene rings is 2. The fourth-order valence-corrected chi connectivity index (χ4v) is 2.71. The Bertz CT molecular complexity index is 538. The van der Waals surface area contributed by atoms with E-state index in [2.05, 4.69) is 24.3 Å². The van der Waals surface area contributed by atoms with E-state index in [1.165, 1.54) is 22.3 Å². The maximum absolute atomic E-state index is 12.1. The summed E-state index contributed by atoms with van der Waals surface area (Å²) in [7, 11) is 0. The Hall–Kier alpha value is -1.89. The summed E-state index contributed by atoms with van der Waals surface area (Å²) in [4.78, 5) is 12.1. The molecule has 0 spiro atoms. The molecular formula is C16H14O. The van der Waals surface area contributed by atoms with E-state index in [0.717, 1.165) is 0 Å². The van der Waals surface area contributed by atoms with Crippen LogP contribution < -0.4 is 0 Å². The molecule has 0 amide bonds. The van der Waals surface area contributed by atoms with Gasteiger partial charge < -0.3 is 0 Å². The highest BCUT2D eigenvalue weighted by Crippen LogP contribution is 2.45. The third kappa shape index (κ3) is 1.42. The smallest absolute Gasteiger partial charge is 0.144 e. The van der Waals surface area contributed by atoms with Gasteiger partial charge >= 0.3 is 0 Å². The van der Waals surface area contributed by atoms with Crippen LogP contribution in [-0.2, 0) is 4.79 Å². The average Bonchev–Trinajstić information content (AvgIpc) is 2.72. The highest BCUT2D eigenvalue weighted by atomic mass is 16.1. The van der Waals surface area contributed by atoms with Gasteiger partial charge in [-0.3, -0.25) is 4.79 Å². The number of ketones is 1. The van der Waals surface area contributed by atoms with Crippen LogP contribution in [0.1, 0.15) is 30.4 Å². The van der Waals surface area contributed by atoms with Crippen molar-refractivity contribution in [3.8, 4) is 11.1 Å². The average molecular weight is 222 g/mol. The standard InChI is InChI=1S/C16H14O/c1-2-15(17)16-13-9-5-3-7-11(13)12-8-4-6-10-14(12)16/h3-10,16H,2H2,1H3. The van der Waals surface area contributed by atoms with E-state index >= 15 is 0 Å². The predicted molar refractivity (Wildman–Crippen MR) is 69.0 cm³/mol. The number of fused-ring (bicyclic) bond motifs is 3. The molecule has 2 aromatic carbocycles. The molecule has 0 fully saturated rings. The summed E-state index contributed by atoms with van der Waals surface area (Å²) in [6.07, 6.45) is 0.591. The van der Waals surface area contributed by atoms with Crippen molar-refractivity contribution < 1.29 is 4.79 Å². The van der Waals surface area contributed by atoms with Crippen LogP contribution in [0.25, 0.3) is 11.1 Å². The first-order valence-electron chi connectivity index (χ1n) is 6.04. The molecule has 1 heteroatoms. The topological polar surface area (TPSA) is 17.1 Å². The summed E-state index contributed by atoms with van der Waals surface area (Å²) in [6.45, 7) is 1.94. The SMILES string of the molecule is CCC(=O)C1c2ccccc2-c2ccccc21. The lowest BCUT2D eigenvalue weighted by molar-refractivity contribution is -0.119. The van der Waals surface area contributed by atoms with Gasteiger partial charge in [0.15, 0.2) is 0 Å². The first-order chi connectivity index (χ1) is 8.33. The lowest BCUT2D eigenvalue weighted by Gasteiger charge is -2.10. The van der Waals surface area contributed by atoms with E-state index in [0.29, 0.717) is 12.2 Å². The Balaban J connectivity index is 2.27. The monoisotopic (exact) mass is 222 g/mol. The van der Waals surface area contributed by atoms with Gasteiger partial charge in [0, 0.05) is 6.42 Å². The third-order valence-electron chi connectivity index (χ3n) is 3.50. The molecule has 0 unspecified atom stereocenters. The Morgan fingerprint density at radius 3 is 1.88 bits per heavy atom. The predicted octanol–water partition coefficient (Wildman–Crippen LogP) is 3.78. The first-order valence-corrected chi connectivity index (χ1v) is 6.04. The van der Waals surface area contributed by atoms with Crippen molar-refractivity contribution in [1.29, 1.82) is 0 Å². The normalized spacial score (nSPS) is 13.2. The van der Waals surface area contributed by atoms with Gasteiger partial charge in [0.1, 0.15) is 5.78 Å². The molecule has 0 saturated heterocycles. The number of rotatable bonds is 2. The Labute approximate surface area is 101 Å². The number of carbonyl (C=O) groups is 1. The second kappa shape index (κ2) is 3.85. The third-order valence-corrected chi connectivity index (χ3v) is 3.50. The van der Waals surface area contributed by atoms with Gasteiger partial charge in [-0.25, -0.2) is 0 Å². The molecule has 0 saturated carbocycles. The van der Waals surface area contributed by atoms with Crippen LogP contribution in [0.2, 0.25) is 0 Å². The second-order valence-electron chi connectivity index (χ2n) is 4.43. The second-order valence-corrected chi connectivity index (χ2v) is 4.43. The zero-order valence-electron chi connectivity index (χ0n) is 9.81. The fourth-order valence-electron chi connectivity index (χ4n) is 2.71. The van der Waals surface area contributed by atoms with E-state index in [-0.39, 0.29) is 5.92 Å². The molecule has 1 nitrogen and oxygen atoms in total. The van der Waals surface area contributed by atoms with Gasteiger partial charge in [0.05, 0.1) is 5.92 Å². The molecule has 0 heterocycles. The maximum Gasteiger partial charge on any atom is 0.144 e. The van der Waals surface area contributed by atoms with Crippen molar-refractivity contribution in [2.45, 2.75) is 19.3 Å². The minimum absolute atomic E-state index is 0.0487. The van der Waals surface area contributed by atoms with E-state index in [1.807, 2.05) is 31.2 Å². The highest BCUT2D eigenvalue weighted by Gasteiger charge is 2.31. The van der Waals surface area contributed by atoms with Gasteiger partial charge in [-0.1, -0.05) is 55.5 Å². The molecule has 0 bridgehead atoms. The molecular weight excluding hydrogens is 208 g/mol. The molecule has 3 rings (SSSR count). The summed E-state index contributed by atoms with van der Waals surface area (Å²) in [5.41, 5.74) is 4.77. The minimum Gasteiger partial charge on any atom is -0.299 e. The molecule has 0 radical (unpaired) electrons. The van der Waals surface area contributed by atoms with E-state index in [9.17, 15) is 4.79 Å². The molecule has 17 heavy (non-hydrogen) atoms. The van der Waals surface area contributed by atoms with Gasteiger partial charge in [-0.05, 0) is 22.3 Å². The van der Waals surface area contributed by atoms with Gasteiger partial charge in [-0.2, -0.15) is 0 Å². The molecule has 0 atom stereocenters.